The first kappa shape index (κ1) is 19.8. The predicted molar refractivity (Wildman–Crippen MR) is 105 cm³/mol. The molecule has 2 aromatic rings. The van der Waals surface area contributed by atoms with E-state index in [1.807, 2.05) is 44.2 Å². The molecule has 0 radical (unpaired) electrons. The van der Waals surface area contributed by atoms with Crippen LogP contribution in [0.15, 0.2) is 30.3 Å². The summed E-state index contributed by atoms with van der Waals surface area (Å²) in [4.78, 5) is 12.8. The van der Waals surface area contributed by atoms with Gasteiger partial charge in [0.15, 0.2) is 0 Å². The van der Waals surface area contributed by atoms with Crippen molar-refractivity contribution in [2.75, 3.05) is 13.1 Å². The van der Waals surface area contributed by atoms with E-state index < -0.39 is 0 Å². The van der Waals surface area contributed by atoms with E-state index in [1.165, 1.54) is 0 Å². The Bertz CT molecular complexity index is 740. The fraction of sp³-hybridized carbons (Fsp3) is 0.421. The van der Waals surface area contributed by atoms with Crippen molar-refractivity contribution in [3.05, 3.63) is 52.3 Å². The lowest BCUT2D eigenvalue weighted by atomic mass is 9.95. The van der Waals surface area contributed by atoms with Crippen LogP contribution in [0.5, 0.6) is 0 Å². The first-order valence-corrected chi connectivity index (χ1v) is 8.81. The average Bonchev–Trinajstić information content (AvgIpc) is 2.85. The number of amides is 1. The van der Waals surface area contributed by atoms with E-state index in [4.69, 9.17) is 11.6 Å². The van der Waals surface area contributed by atoms with Gasteiger partial charge in [0.05, 0.1) is 5.56 Å². The zero-order valence-electron chi connectivity index (χ0n) is 14.8. The molecule has 3 rings (SSSR count). The molecule has 1 aromatic heterocycles. The average molecular weight is 382 g/mol. The minimum absolute atomic E-state index is 0. The molecule has 1 saturated heterocycles. The molecule has 1 amide bonds. The van der Waals surface area contributed by atoms with Gasteiger partial charge in [0.25, 0.3) is 5.91 Å². The van der Waals surface area contributed by atoms with Crippen molar-refractivity contribution < 1.29 is 4.79 Å². The van der Waals surface area contributed by atoms with Crippen molar-refractivity contribution >= 4 is 29.9 Å². The standard InChI is InChI=1S/C19H24ClN3O.ClH/c1-12-11-21-9-8-18(12)22-19(24)17-10-13(2)23(14(17)3)16-6-4-15(20)5-7-16;/h4-7,10,12,18,21H,8-9,11H2,1-3H3,(H,22,24);1H. The van der Waals surface area contributed by atoms with Crippen LogP contribution < -0.4 is 10.6 Å². The van der Waals surface area contributed by atoms with E-state index in [2.05, 4.69) is 22.1 Å². The van der Waals surface area contributed by atoms with E-state index in [0.29, 0.717) is 10.9 Å². The first-order chi connectivity index (χ1) is 11.5. The van der Waals surface area contributed by atoms with Gasteiger partial charge in [-0.25, -0.2) is 0 Å². The summed E-state index contributed by atoms with van der Waals surface area (Å²) >= 11 is 5.98. The molecule has 136 valence electrons. The van der Waals surface area contributed by atoms with Gasteiger partial charge in [0.2, 0.25) is 0 Å². The van der Waals surface area contributed by atoms with Crippen molar-refractivity contribution in [2.45, 2.75) is 33.2 Å². The van der Waals surface area contributed by atoms with Crippen LogP contribution in [0.2, 0.25) is 5.02 Å². The summed E-state index contributed by atoms with van der Waals surface area (Å²) in [6.07, 6.45) is 0.975. The molecule has 0 saturated carbocycles. The van der Waals surface area contributed by atoms with Crippen LogP contribution in [0.4, 0.5) is 0 Å². The van der Waals surface area contributed by atoms with Crippen LogP contribution >= 0.6 is 24.0 Å². The van der Waals surface area contributed by atoms with Crippen molar-refractivity contribution in [2.24, 2.45) is 5.92 Å². The van der Waals surface area contributed by atoms with Crippen LogP contribution in [0.25, 0.3) is 5.69 Å². The quantitative estimate of drug-likeness (QED) is 0.846. The summed E-state index contributed by atoms with van der Waals surface area (Å²) in [5.41, 5.74) is 3.75. The second-order valence-corrected chi connectivity index (χ2v) is 7.08. The lowest BCUT2D eigenvalue weighted by molar-refractivity contribution is 0.0913. The van der Waals surface area contributed by atoms with Crippen molar-refractivity contribution in [1.29, 1.82) is 0 Å². The van der Waals surface area contributed by atoms with Crippen molar-refractivity contribution in [1.82, 2.24) is 15.2 Å². The summed E-state index contributed by atoms with van der Waals surface area (Å²) < 4.78 is 2.09. The minimum atomic E-state index is 0. The smallest absolute Gasteiger partial charge is 0.253 e. The van der Waals surface area contributed by atoms with Gasteiger partial charge in [-0.15, -0.1) is 12.4 Å². The monoisotopic (exact) mass is 381 g/mol. The van der Waals surface area contributed by atoms with Crippen LogP contribution in [0.3, 0.4) is 0 Å². The maximum absolute atomic E-state index is 12.8. The van der Waals surface area contributed by atoms with Gasteiger partial charge in [-0.2, -0.15) is 0 Å². The summed E-state index contributed by atoms with van der Waals surface area (Å²) in [6.45, 7) is 8.09. The third kappa shape index (κ3) is 4.20. The molecule has 1 aliphatic rings. The SMILES string of the molecule is Cc1cc(C(=O)NC2CCNCC2C)c(C)n1-c1ccc(Cl)cc1.Cl. The number of aryl methyl sites for hydroxylation is 1. The van der Waals surface area contributed by atoms with E-state index in [1.54, 1.807) is 0 Å². The highest BCUT2D eigenvalue weighted by molar-refractivity contribution is 6.30. The maximum Gasteiger partial charge on any atom is 0.253 e. The zero-order valence-corrected chi connectivity index (χ0v) is 16.4. The van der Waals surface area contributed by atoms with Crippen molar-refractivity contribution in [3.63, 3.8) is 0 Å². The van der Waals surface area contributed by atoms with Gasteiger partial charge in [-0.1, -0.05) is 18.5 Å². The topological polar surface area (TPSA) is 46.1 Å². The van der Waals surface area contributed by atoms with E-state index in [-0.39, 0.29) is 24.4 Å². The number of halogens is 2. The predicted octanol–water partition coefficient (Wildman–Crippen LogP) is 3.90. The third-order valence-electron chi connectivity index (χ3n) is 4.86. The molecule has 1 aliphatic heterocycles. The van der Waals surface area contributed by atoms with E-state index in [0.717, 1.165) is 42.1 Å². The summed E-state index contributed by atoms with van der Waals surface area (Å²) in [7, 11) is 0. The van der Waals surface area contributed by atoms with Crippen LogP contribution in [0, 0.1) is 19.8 Å². The highest BCUT2D eigenvalue weighted by atomic mass is 35.5. The summed E-state index contributed by atoms with van der Waals surface area (Å²) in [5.74, 6) is 0.463. The number of carbonyl (C=O) groups excluding carboxylic acids is 1. The largest absolute Gasteiger partial charge is 0.349 e. The molecule has 4 nitrogen and oxygen atoms in total. The first-order valence-electron chi connectivity index (χ1n) is 8.44. The molecule has 2 N–H and O–H groups in total. The Morgan fingerprint density at radius 2 is 1.96 bits per heavy atom. The lowest BCUT2D eigenvalue weighted by Crippen LogP contribution is -2.48. The molecule has 0 spiro atoms. The van der Waals surface area contributed by atoms with Crippen molar-refractivity contribution in [3.8, 4) is 5.69 Å². The molecule has 1 fully saturated rings. The molecule has 2 unspecified atom stereocenters. The Kier molecular flexibility index (Phi) is 6.55. The summed E-state index contributed by atoms with van der Waals surface area (Å²) in [6, 6.07) is 9.87. The zero-order chi connectivity index (χ0) is 17.3. The molecule has 2 heterocycles. The molecular weight excluding hydrogens is 357 g/mol. The Hall–Kier alpha value is -1.49. The number of hydrogen-bond acceptors (Lipinski definition) is 2. The number of nitrogens with zero attached hydrogens (tertiary/aromatic N) is 1. The number of hydrogen-bond donors (Lipinski definition) is 2. The molecule has 1 aromatic carbocycles. The maximum atomic E-state index is 12.8. The Morgan fingerprint density at radius 1 is 1.28 bits per heavy atom. The Labute approximate surface area is 160 Å². The van der Waals surface area contributed by atoms with Gasteiger partial charge in [0, 0.05) is 28.1 Å². The lowest BCUT2D eigenvalue weighted by Gasteiger charge is -2.30. The molecule has 0 bridgehead atoms. The second-order valence-electron chi connectivity index (χ2n) is 6.65. The van der Waals surface area contributed by atoms with Gasteiger partial charge >= 0.3 is 0 Å². The summed E-state index contributed by atoms with van der Waals surface area (Å²) in [5, 5.41) is 7.28. The number of nitrogens with one attached hydrogen (secondary N) is 2. The molecular formula is C19H25Cl2N3O. The van der Waals surface area contributed by atoms with Crippen LogP contribution in [-0.2, 0) is 0 Å². The highest BCUT2D eigenvalue weighted by Gasteiger charge is 2.25. The number of benzene rings is 1. The van der Waals surface area contributed by atoms with Gasteiger partial charge in [0.1, 0.15) is 0 Å². The highest BCUT2D eigenvalue weighted by Crippen LogP contribution is 2.23. The van der Waals surface area contributed by atoms with E-state index >= 15 is 0 Å². The van der Waals surface area contributed by atoms with E-state index in [9.17, 15) is 4.79 Å². The number of rotatable bonds is 3. The van der Waals surface area contributed by atoms with Gasteiger partial charge < -0.3 is 15.2 Å². The van der Waals surface area contributed by atoms with Crippen LogP contribution in [0.1, 0.15) is 35.1 Å². The normalized spacial score (nSPS) is 20.0. The molecule has 25 heavy (non-hydrogen) atoms. The number of aromatic nitrogens is 1. The second kappa shape index (κ2) is 8.26. The van der Waals surface area contributed by atoms with Crippen LogP contribution in [-0.4, -0.2) is 29.6 Å². The molecule has 0 aliphatic carbocycles. The fourth-order valence-corrected chi connectivity index (χ4v) is 3.58. The third-order valence-corrected chi connectivity index (χ3v) is 5.11. The number of carbonyl (C=O) groups is 1. The fourth-order valence-electron chi connectivity index (χ4n) is 3.45. The Morgan fingerprint density at radius 3 is 2.60 bits per heavy atom. The number of piperidine rings is 1. The van der Waals surface area contributed by atoms with Gasteiger partial charge in [-0.3, -0.25) is 4.79 Å². The molecule has 2 atom stereocenters. The molecule has 6 heteroatoms. The Balaban J connectivity index is 0.00000225. The minimum Gasteiger partial charge on any atom is -0.349 e. The van der Waals surface area contributed by atoms with Gasteiger partial charge in [-0.05, 0) is 69.6 Å².